The Morgan fingerprint density at radius 3 is 2.65 bits per heavy atom. The van der Waals surface area contributed by atoms with E-state index in [1.165, 1.54) is 5.56 Å². The lowest BCUT2D eigenvalue weighted by atomic mass is 9.92. The minimum Gasteiger partial charge on any atom is -0.466 e. The van der Waals surface area contributed by atoms with Crippen molar-refractivity contribution < 1.29 is 9.52 Å². The summed E-state index contributed by atoms with van der Waals surface area (Å²) in [5, 5.41) is 10.8. The second-order valence-corrected chi connectivity index (χ2v) is 5.62. The number of rotatable bonds is 3. The van der Waals surface area contributed by atoms with E-state index in [0.29, 0.717) is 5.76 Å². The molecule has 106 valence electrons. The van der Waals surface area contributed by atoms with E-state index in [4.69, 9.17) is 4.42 Å². The average Bonchev–Trinajstić information content (AvgIpc) is 2.95. The molecule has 1 aromatic heterocycles. The third-order valence-electron chi connectivity index (χ3n) is 4.14. The van der Waals surface area contributed by atoms with Gasteiger partial charge in [0.15, 0.2) is 0 Å². The van der Waals surface area contributed by atoms with Crippen LogP contribution in [0.2, 0.25) is 0 Å². The van der Waals surface area contributed by atoms with Crippen LogP contribution in [0.3, 0.4) is 0 Å². The molecule has 1 saturated heterocycles. The van der Waals surface area contributed by atoms with Crippen molar-refractivity contribution in [1.82, 2.24) is 4.90 Å². The van der Waals surface area contributed by atoms with Crippen LogP contribution in [0.1, 0.15) is 30.6 Å². The van der Waals surface area contributed by atoms with Gasteiger partial charge in [0.25, 0.3) is 0 Å². The number of aliphatic hydroxyl groups is 1. The van der Waals surface area contributed by atoms with E-state index in [2.05, 4.69) is 29.2 Å². The first-order valence-electron chi connectivity index (χ1n) is 7.29. The standard InChI is InChI=1S/C17H21NO2/c19-17(16-8-4-13-20-16)9-5-11-18(12-10-17)14-15-6-2-1-3-7-15/h1-4,6-8,13,19H,5,9-12,14H2. The Hall–Kier alpha value is -1.58. The van der Waals surface area contributed by atoms with E-state index >= 15 is 0 Å². The van der Waals surface area contributed by atoms with Crippen LogP contribution in [0.15, 0.2) is 53.1 Å². The molecular weight excluding hydrogens is 250 g/mol. The Morgan fingerprint density at radius 2 is 1.90 bits per heavy atom. The van der Waals surface area contributed by atoms with Gasteiger partial charge in [-0.3, -0.25) is 4.90 Å². The summed E-state index contributed by atoms with van der Waals surface area (Å²) in [7, 11) is 0. The van der Waals surface area contributed by atoms with Crippen LogP contribution >= 0.6 is 0 Å². The predicted molar refractivity (Wildman–Crippen MR) is 78.2 cm³/mol. The van der Waals surface area contributed by atoms with Gasteiger partial charge in [-0.05, 0) is 43.5 Å². The van der Waals surface area contributed by atoms with Crippen molar-refractivity contribution in [3.05, 3.63) is 60.1 Å². The zero-order valence-corrected chi connectivity index (χ0v) is 11.7. The van der Waals surface area contributed by atoms with Gasteiger partial charge in [0.2, 0.25) is 0 Å². The fourth-order valence-corrected chi connectivity index (χ4v) is 2.96. The smallest absolute Gasteiger partial charge is 0.135 e. The first-order valence-corrected chi connectivity index (χ1v) is 7.29. The highest BCUT2D eigenvalue weighted by atomic mass is 16.4. The molecule has 1 fully saturated rings. The second kappa shape index (κ2) is 5.81. The summed E-state index contributed by atoms with van der Waals surface area (Å²) >= 11 is 0. The molecule has 0 radical (unpaired) electrons. The predicted octanol–water partition coefficient (Wildman–Crippen LogP) is 3.15. The van der Waals surface area contributed by atoms with Crippen LogP contribution in [0.5, 0.6) is 0 Å². The molecule has 3 rings (SSSR count). The lowest BCUT2D eigenvalue weighted by Gasteiger charge is -2.24. The van der Waals surface area contributed by atoms with Crippen molar-refractivity contribution >= 4 is 0 Å². The maximum Gasteiger partial charge on any atom is 0.135 e. The molecule has 0 saturated carbocycles. The lowest BCUT2D eigenvalue weighted by Crippen LogP contribution is -2.28. The van der Waals surface area contributed by atoms with Gasteiger partial charge < -0.3 is 9.52 Å². The van der Waals surface area contributed by atoms with Crippen molar-refractivity contribution in [2.24, 2.45) is 0 Å². The normalized spacial score (nSPS) is 24.4. The zero-order chi connectivity index (χ0) is 13.8. The summed E-state index contributed by atoms with van der Waals surface area (Å²) in [5.41, 5.74) is 0.533. The topological polar surface area (TPSA) is 36.6 Å². The summed E-state index contributed by atoms with van der Waals surface area (Å²) in [5.74, 6) is 0.707. The van der Waals surface area contributed by atoms with Gasteiger partial charge in [-0.1, -0.05) is 30.3 Å². The highest BCUT2D eigenvalue weighted by Gasteiger charge is 2.34. The third-order valence-corrected chi connectivity index (χ3v) is 4.14. The molecule has 3 heteroatoms. The molecule has 20 heavy (non-hydrogen) atoms. The van der Waals surface area contributed by atoms with Crippen molar-refractivity contribution in [1.29, 1.82) is 0 Å². The van der Waals surface area contributed by atoms with Crippen LogP contribution in [-0.2, 0) is 12.1 Å². The van der Waals surface area contributed by atoms with Crippen LogP contribution < -0.4 is 0 Å². The van der Waals surface area contributed by atoms with Crippen LogP contribution in [-0.4, -0.2) is 23.1 Å². The number of furan rings is 1. The summed E-state index contributed by atoms with van der Waals surface area (Å²) in [6.45, 7) is 2.87. The molecular formula is C17H21NO2. The Kier molecular flexibility index (Phi) is 3.90. The first-order chi connectivity index (χ1) is 9.76. The van der Waals surface area contributed by atoms with Gasteiger partial charge in [0.05, 0.1) is 6.26 Å². The van der Waals surface area contributed by atoms with E-state index in [-0.39, 0.29) is 0 Å². The zero-order valence-electron chi connectivity index (χ0n) is 11.7. The maximum atomic E-state index is 10.8. The SMILES string of the molecule is OC1(c2ccco2)CCCN(Cc2ccccc2)CC1. The minimum absolute atomic E-state index is 0.707. The molecule has 0 aliphatic carbocycles. The molecule has 1 aliphatic rings. The largest absolute Gasteiger partial charge is 0.466 e. The van der Waals surface area contributed by atoms with E-state index in [1.54, 1.807) is 6.26 Å². The highest BCUT2D eigenvalue weighted by Crippen LogP contribution is 2.33. The summed E-state index contributed by atoms with van der Waals surface area (Å²) in [4.78, 5) is 2.41. The number of hydrogen-bond acceptors (Lipinski definition) is 3. The number of benzene rings is 1. The van der Waals surface area contributed by atoms with E-state index < -0.39 is 5.60 Å². The Bertz CT molecular complexity index is 523. The number of likely N-dealkylation sites (tertiary alicyclic amines) is 1. The second-order valence-electron chi connectivity index (χ2n) is 5.62. The summed E-state index contributed by atoms with van der Waals surface area (Å²) < 4.78 is 5.42. The molecule has 1 unspecified atom stereocenters. The Morgan fingerprint density at radius 1 is 1.05 bits per heavy atom. The molecule has 1 aliphatic heterocycles. The average molecular weight is 271 g/mol. The van der Waals surface area contributed by atoms with Crippen molar-refractivity contribution in [3.63, 3.8) is 0 Å². The molecule has 1 N–H and O–H groups in total. The van der Waals surface area contributed by atoms with E-state index in [9.17, 15) is 5.11 Å². The van der Waals surface area contributed by atoms with Crippen LogP contribution in [0.4, 0.5) is 0 Å². The molecule has 1 aromatic carbocycles. The molecule has 0 spiro atoms. The summed E-state index contributed by atoms with van der Waals surface area (Å²) in [6.07, 6.45) is 4.13. The fraction of sp³-hybridized carbons (Fsp3) is 0.412. The van der Waals surface area contributed by atoms with Gasteiger partial charge in [-0.2, -0.15) is 0 Å². The lowest BCUT2D eigenvalue weighted by molar-refractivity contribution is 0.000249. The van der Waals surface area contributed by atoms with Crippen molar-refractivity contribution in [3.8, 4) is 0 Å². The molecule has 3 nitrogen and oxygen atoms in total. The van der Waals surface area contributed by atoms with Gasteiger partial charge in [0, 0.05) is 13.1 Å². The Balaban J connectivity index is 1.65. The van der Waals surface area contributed by atoms with Crippen LogP contribution in [0, 0.1) is 0 Å². The van der Waals surface area contributed by atoms with E-state index in [1.807, 2.05) is 18.2 Å². The van der Waals surface area contributed by atoms with Crippen LogP contribution in [0.25, 0.3) is 0 Å². The third kappa shape index (κ3) is 2.94. The first kappa shape index (κ1) is 13.4. The van der Waals surface area contributed by atoms with Crippen molar-refractivity contribution in [2.75, 3.05) is 13.1 Å². The molecule has 1 atom stereocenters. The Labute approximate surface area is 119 Å². The van der Waals surface area contributed by atoms with E-state index in [0.717, 1.165) is 38.9 Å². The van der Waals surface area contributed by atoms with Gasteiger partial charge >= 0.3 is 0 Å². The quantitative estimate of drug-likeness (QED) is 0.931. The van der Waals surface area contributed by atoms with Gasteiger partial charge in [-0.25, -0.2) is 0 Å². The minimum atomic E-state index is -0.797. The molecule has 2 heterocycles. The monoisotopic (exact) mass is 271 g/mol. The molecule has 0 amide bonds. The number of nitrogens with zero attached hydrogens (tertiary/aromatic N) is 1. The van der Waals surface area contributed by atoms with Gasteiger partial charge in [0.1, 0.15) is 11.4 Å². The number of hydrogen-bond donors (Lipinski definition) is 1. The molecule has 2 aromatic rings. The maximum absolute atomic E-state index is 10.8. The highest BCUT2D eigenvalue weighted by molar-refractivity contribution is 5.15. The molecule has 0 bridgehead atoms. The summed E-state index contributed by atoms with van der Waals surface area (Å²) in [6, 6.07) is 14.2. The van der Waals surface area contributed by atoms with Gasteiger partial charge in [-0.15, -0.1) is 0 Å². The van der Waals surface area contributed by atoms with Crippen molar-refractivity contribution in [2.45, 2.75) is 31.4 Å². The fourth-order valence-electron chi connectivity index (χ4n) is 2.96.